The zero-order valence-corrected chi connectivity index (χ0v) is 20.8. The van der Waals surface area contributed by atoms with Crippen molar-refractivity contribution in [3.63, 3.8) is 0 Å². The van der Waals surface area contributed by atoms with Crippen LogP contribution in [0.5, 0.6) is 0 Å². The number of aromatic nitrogens is 5. The molecule has 0 amide bonds. The second-order valence-electron chi connectivity index (χ2n) is 9.01. The van der Waals surface area contributed by atoms with Crippen molar-refractivity contribution in [1.29, 1.82) is 0 Å². The first-order valence-corrected chi connectivity index (χ1v) is 12.6. The Kier molecular flexibility index (Phi) is 5.68. The van der Waals surface area contributed by atoms with Gasteiger partial charge in [0.05, 0.1) is 6.26 Å². The van der Waals surface area contributed by atoms with Crippen LogP contribution in [0.4, 0.5) is 0 Å². The summed E-state index contributed by atoms with van der Waals surface area (Å²) in [6.07, 6.45) is 1.65. The molecule has 3 heterocycles. The van der Waals surface area contributed by atoms with Crippen molar-refractivity contribution >= 4 is 11.1 Å². The highest BCUT2D eigenvalue weighted by Crippen LogP contribution is 2.31. The maximum Gasteiger partial charge on any atom is 0.178 e. The molecule has 0 radical (unpaired) electrons. The van der Waals surface area contributed by atoms with E-state index < -0.39 is 0 Å². The lowest BCUT2D eigenvalue weighted by Crippen LogP contribution is -2.00. The molecule has 184 valence electrons. The van der Waals surface area contributed by atoms with E-state index in [-0.39, 0.29) is 0 Å². The van der Waals surface area contributed by atoms with Crippen LogP contribution in [0.1, 0.15) is 0 Å². The Morgan fingerprint density at radius 1 is 0.359 bits per heavy atom. The molecular formula is C33H21N5O. The van der Waals surface area contributed by atoms with Gasteiger partial charge >= 0.3 is 0 Å². The quantitative estimate of drug-likeness (QED) is 0.239. The molecule has 0 N–H and O–H groups in total. The smallest absolute Gasteiger partial charge is 0.178 e. The van der Waals surface area contributed by atoms with Gasteiger partial charge in [0.1, 0.15) is 11.2 Å². The van der Waals surface area contributed by atoms with Crippen molar-refractivity contribution < 1.29 is 4.42 Å². The number of rotatable bonds is 5. The van der Waals surface area contributed by atoms with E-state index in [0.29, 0.717) is 28.9 Å². The lowest BCUT2D eigenvalue weighted by molar-refractivity contribution is 0.615. The highest BCUT2D eigenvalue weighted by atomic mass is 16.3. The first-order valence-electron chi connectivity index (χ1n) is 12.6. The number of hydrogen-bond acceptors (Lipinski definition) is 6. The molecule has 0 aliphatic carbocycles. The summed E-state index contributed by atoms with van der Waals surface area (Å²) in [6, 6.07) is 39.8. The lowest BCUT2D eigenvalue weighted by Gasteiger charge is -2.09. The second kappa shape index (κ2) is 9.76. The van der Waals surface area contributed by atoms with E-state index in [2.05, 4.69) is 0 Å². The summed E-state index contributed by atoms with van der Waals surface area (Å²) >= 11 is 0. The summed E-state index contributed by atoms with van der Waals surface area (Å²) in [5, 5.41) is 0. The first kappa shape index (κ1) is 22.7. The molecule has 0 aliphatic rings. The van der Waals surface area contributed by atoms with Gasteiger partial charge in [0, 0.05) is 33.9 Å². The summed E-state index contributed by atoms with van der Waals surface area (Å²) in [7, 11) is 0. The molecular weight excluding hydrogens is 482 g/mol. The Morgan fingerprint density at radius 2 is 0.769 bits per heavy atom. The van der Waals surface area contributed by atoms with Crippen molar-refractivity contribution in [2.24, 2.45) is 0 Å². The largest absolute Gasteiger partial charge is 0.460 e. The molecule has 6 heteroatoms. The Bertz CT molecular complexity index is 1830. The Hall–Kier alpha value is -5.49. The van der Waals surface area contributed by atoms with Crippen LogP contribution in [-0.4, -0.2) is 24.9 Å². The van der Waals surface area contributed by atoms with E-state index in [1.807, 2.05) is 121 Å². The van der Waals surface area contributed by atoms with Gasteiger partial charge in [-0.3, -0.25) is 0 Å². The second-order valence-corrected chi connectivity index (χ2v) is 9.01. The van der Waals surface area contributed by atoms with Crippen LogP contribution in [0.25, 0.3) is 67.9 Å². The highest BCUT2D eigenvalue weighted by Gasteiger charge is 2.16. The molecule has 0 aliphatic heterocycles. The molecule has 0 fully saturated rings. The van der Waals surface area contributed by atoms with Gasteiger partial charge in [-0.25, -0.2) is 24.9 Å². The molecule has 7 rings (SSSR count). The molecule has 0 atom stereocenters. The number of fused-ring (bicyclic) bond motifs is 1. The summed E-state index contributed by atoms with van der Waals surface area (Å²) in [4.78, 5) is 24.0. The van der Waals surface area contributed by atoms with Crippen LogP contribution < -0.4 is 0 Å². The highest BCUT2D eigenvalue weighted by molar-refractivity contribution is 5.89. The number of nitrogens with zero attached hydrogens (tertiary/aromatic N) is 5. The normalized spacial score (nSPS) is 11.1. The number of benzene rings is 4. The van der Waals surface area contributed by atoms with Gasteiger partial charge < -0.3 is 4.42 Å². The minimum absolute atomic E-state index is 0.602. The third-order valence-electron chi connectivity index (χ3n) is 6.45. The molecule has 0 spiro atoms. The zero-order valence-electron chi connectivity index (χ0n) is 20.8. The fourth-order valence-electron chi connectivity index (χ4n) is 4.49. The average molecular weight is 504 g/mol. The van der Waals surface area contributed by atoms with Gasteiger partial charge in [-0.2, -0.15) is 0 Å². The van der Waals surface area contributed by atoms with Crippen molar-refractivity contribution in [3.8, 4) is 56.8 Å². The van der Waals surface area contributed by atoms with E-state index in [1.54, 1.807) is 6.26 Å². The summed E-state index contributed by atoms with van der Waals surface area (Å²) < 4.78 is 5.78. The average Bonchev–Trinajstić information content (AvgIpc) is 3.51. The maximum absolute atomic E-state index is 5.78. The minimum Gasteiger partial charge on any atom is -0.460 e. The summed E-state index contributed by atoms with van der Waals surface area (Å²) in [6.45, 7) is 0. The third kappa shape index (κ3) is 4.45. The van der Waals surface area contributed by atoms with Crippen LogP contribution in [0, 0.1) is 0 Å². The first-order chi connectivity index (χ1) is 19.3. The fourth-order valence-corrected chi connectivity index (χ4v) is 4.49. The predicted octanol–water partition coefficient (Wildman–Crippen LogP) is 7.74. The van der Waals surface area contributed by atoms with Crippen LogP contribution in [-0.2, 0) is 0 Å². The molecule has 6 nitrogen and oxygen atoms in total. The van der Waals surface area contributed by atoms with E-state index >= 15 is 0 Å². The molecule has 0 unspecified atom stereocenters. The van der Waals surface area contributed by atoms with Crippen LogP contribution in [0.3, 0.4) is 0 Å². The topological polar surface area (TPSA) is 77.6 Å². The maximum atomic E-state index is 5.78. The molecule has 7 aromatic rings. The zero-order chi connectivity index (χ0) is 26.0. The number of hydrogen-bond donors (Lipinski definition) is 0. The predicted molar refractivity (Wildman–Crippen MR) is 152 cm³/mol. The monoisotopic (exact) mass is 503 g/mol. The molecule has 0 saturated heterocycles. The summed E-state index contributed by atoms with van der Waals surface area (Å²) in [5.74, 6) is 2.51. The minimum atomic E-state index is 0.602. The van der Waals surface area contributed by atoms with Crippen LogP contribution in [0.2, 0.25) is 0 Å². The Morgan fingerprint density at radius 3 is 1.26 bits per heavy atom. The van der Waals surface area contributed by atoms with Gasteiger partial charge in [0.2, 0.25) is 0 Å². The third-order valence-corrected chi connectivity index (χ3v) is 6.45. The van der Waals surface area contributed by atoms with Gasteiger partial charge in [-0.1, -0.05) is 115 Å². The van der Waals surface area contributed by atoms with Crippen molar-refractivity contribution in [3.05, 3.63) is 128 Å². The van der Waals surface area contributed by atoms with E-state index in [9.17, 15) is 0 Å². The van der Waals surface area contributed by atoms with Crippen LogP contribution in [0.15, 0.2) is 132 Å². The molecule has 3 aromatic heterocycles. The SMILES string of the molecule is c1ccc(-c2nc(-c3ccccc3)nc(-c3ccc(-c4nc(-c5ccccc5)nc5ccoc45)cc3)n2)cc1. The molecule has 4 aromatic carbocycles. The van der Waals surface area contributed by atoms with Crippen molar-refractivity contribution in [2.45, 2.75) is 0 Å². The van der Waals surface area contributed by atoms with E-state index in [4.69, 9.17) is 29.3 Å². The van der Waals surface area contributed by atoms with Gasteiger partial charge in [-0.05, 0) is 0 Å². The molecule has 0 bridgehead atoms. The standard InChI is InChI=1S/C33H21N5O/c1-4-10-23(11-5-1)30-34-27-20-21-39-29(27)28(35-30)22-16-18-26(19-17-22)33-37-31(24-12-6-2-7-13-24)36-32(38-33)25-14-8-3-9-15-25/h1-21H. The van der Waals surface area contributed by atoms with E-state index in [0.717, 1.165) is 39.0 Å². The van der Waals surface area contributed by atoms with Gasteiger partial charge in [0.25, 0.3) is 0 Å². The van der Waals surface area contributed by atoms with Gasteiger partial charge in [0.15, 0.2) is 28.9 Å². The fraction of sp³-hybridized carbons (Fsp3) is 0. The summed E-state index contributed by atoms with van der Waals surface area (Å²) in [5.41, 5.74) is 6.77. The molecule has 0 saturated carbocycles. The molecule has 39 heavy (non-hydrogen) atoms. The van der Waals surface area contributed by atoms with Crippen molar-refractivity contribution in [2.75, 3.05) is 0 Å². The lowest BCUT2D eigenvalue weighted by atomic mass is 10.1. The van der Waals surface area contributed by atoms with Crippen molar-refractivity contribution in [1.82, 2.24) is 24.9 Å². The van der Waals surface area contributed by atoms with Gasteiger partial charge in [-0.15, -0.1) is 0 Å². The van der Waals surface area contributed by atoms with Crippen LogP contribution >= 0.6 is 0 Å². The van der Waals surface area contributed by atoms with E-state index in [1.165, 1.54) is 0 Å². The Labute approximate surface area is 224 Å². The Balaban J connectivity index is 1.32. The number of furan rings is 1.